The normalized spacial score (nSPS) is 14.9. The SMILES string of the molecule is CCOC(=O)COc1ccc(/C=c2\sc3n(c2=O)[C@H](c2ccc(SC)cc2)C(C(=O)OC(C)C)=C(C)N=3)cc1OC. The van der Waals surface area contributed by atoms with E-state index in [1.54, 1.807) is 68.3 Å². The van der Waals surface area contributed by atoms with E-state index in [0.717, 1.165) is 10.5 Å². The topological polar surface area (TPSA) is 105 Å². The standard InChI is InChI=1S/C30H32N2O7S2/c1-7-37-25(33)16-38-22-13-8-19(14-23(22)36-5)15-24-28(34)32-27(20-9-11-21(40-6)12-10-20)26(29(35)39-17(2)3)18(4)31-30(32)41-24/h8-15,17,27H,7,16H2,1-6H3/b24-15-/t27-/m1/s1. The van der Waals surface area contributed by atoms with Crippen molar-refractivity contribution in [1.82, 2.24) is 4.57 Å². The summed E-state index contributed by atoms with van der Waals surface area (Å²) in [5, 5.41) is 0. The maximum atomic E-state index is 13.9. The summed E-state index contributed by atoms with van der Waals surface area (Å²) in [6, 6.07) is 12.2. The van der Waals surface area contributed by atoms with Crippen LogP contribution in [0.5, 0.6) is 11.5 Å². The van der Waals surface area contributed by atoms with Gasteiger partial charge in [-0.3, -0.25) is 9.36 Å². The average Bonchev–Trinajstić information content (AvgIpc) is 3.25. The van der Waals surface area contributed by atoms with Crippen molar-refractivity contribution in [3.05, 3.63) is 84.5 Å². The summed E-state index contributed by atoms with van der Waals surface area (Å²) in [5.41, 5.74) is 2.03. The van der Waals surface area contributed by atoms with Crippen molar-refractivity contribution in [2.24, 2.45) is 4.99 Å². The highest BCUT2D eigenvalue weighted by Gasteiger charge is 2.33. The minimum Gasteiger partial charge on any atom is -0.493 e. The van der Waals surface area contributed by atoms with Crippen LogP contribution in [0, 0.1) is 0 Å². The number of carbonyl (C=O) groups excluding carboxylic acids is 2. The van der Waals surface area contributed by atoms with Crippen molar-refractivity contribution < 1.29 is 28.5 Å². The molecule has 11 heteroatoms. The highest BCUT2D eigenvalue weighted by Crippen LogP contribution is 2.32. The van der Waals surface area contributed by atoms with Crippen LogP contribution in [0.1, 0.15) is 44.9 Å². The molecule has 1 atom stereocenters. The number of hydrogen-bond donors (Lipinski definition) is 0. The van der Waals surface area contributed by atoms with E-state index in [0.29, 0.717) is 37.7 Å². The number of esters is 2. The second-order valence-corrected chi connectivity index (χ2v) is 11.2. The summed E-state index contributed by atoms with van der Waals surface area (Å²) >= 11 is 2.85. The first-order valence-corrected chi connectivity index (χ1v) is 15.0. The molecule has 0 unspecified atom stereocenters. The first kappa shape index (κ1) is 30.1. The maximum Gasteiger partial charge on any atom is 0.344 e. The fourth-order valence-corrected chi connectivity index (χ4v) is 5.80. The van der Waals surface area contributed by atoms with E-state index in [1.165, 1.54) is 18.4 Å². The van der Waals surface area contributed by atoms with Crippen molar-refractivity contribution in [1.29, 1.82) is 0 Å². The van der Waals surface area contributed by atoms with Crippen molar-refractivity contribution in [3.8, 4) is 11.5 Å². The van der Waals surface area contributed by atoms with Crippen molar-refractivity contribution >= 4 is 41.1 Å². The van der Waals surface area contributed by atoms with Gasteiger partial charge in [0.1, 0.15) is 0 Å². The van der Waals surface area contributed by atoms with Crippen LogP contribution in [0.3, 0.4) is 0 Å². The Morgan fingerprint density at radius 2 is 1.88 bits per heavy atom. The Kier molecular flexibility index (Phi) is 9.72. The van der Waals surface area contributed by atoms with Gasteiger partial charge in [-0.05, 0) is 75.4 Å². The van der Waals surface area contributed by atoms with Gasteiger partial charge < -0.3 is 18.9 Å². The minimum absolute atomic E-state index is 0.249. The lowest BCUT2D eigenvalue weighted by Crippen LogP contribution is -2.40. The number of ether oxygens (including phenoxy) is 4. The first-order chi connectivity index (χ1) is 19.7. The molecular weight excluding hydrogens is 564 g/mol. The number of benzene rings is 2. The van der Waals surface area contributed by atoms with Crippen molar-refractivity contribution in [3.63, 3.8) is 0 Å². The Morgan fingerprint density at radius 3 is 2.51 bits per heavy atom. The largest absolute Gasteiger partial charge is 0.493 e. The molecule has 9 nitrogen and oxygen atoms in total. The lowest BCUT2D eigenvalue weighted by molar-refractivity contribution is -0.145. The third-order valence-corrected chi connectivity index (χ3v) is 7.88. The predicted molar refractivity (Wildman–Crippen MR) is 158 cm³/mol. The van der Waals surface area contributed by atoms with Gasteiger partial charge in [0, 0.05) is 4.90 Å². The summed E-state index contributed by atoms with van der Waals surface area (Å²) in [7, 11) is 1.49. The molecule has 0 bridgehead atoms. The minimum atomic E-state index is -0.691. The Balaban J connectivity index is 1.79. The summed E-state index contributed by atoms with van der Waals surface area (Å²) < 4.78 is 23.5. The summed E-state index contributed by atoms with van der Waals surface area (Å²) in [6.07, 6.45) is 3.40. The molecule has 0 amide bonds. The molecule has 0 saturated carbocycles. The smallest absolute Gasteiger partial charge is 0.344 e. The van der Waals surface area contributed by atoms with E-state index >= 15 is 0 Å². The number of rotatable bonds is 10. The molecule has 1 aliphatic heterocycles. The number of nitrogens with zero attached hydrogens (tertiary/aromatic N) is 2. The summed E-state index contributed by atoms with van der Waals surface area (Å²) in [6.45, 7) is 7.07. The Morgan fingerprint density at radius 1 is 1.15 bits per heavy atom. The zero-order valence-corrected chi connectivity index (χ0v) is 25.4. The third-order valence-electron chi connectivity index (χ3n) is 6.15. The molecule has 216 valence electrons. The molecule has 41 heavy (non-hydrogen) atoms. The van der Waals surface area contributed by atoms with Gasteiger partial charge in [0.05, 0.1) is 41.7 Å². The van der Waals surface area contributed by atoms with E-state index in [9.17, 15) is 14.4 Å². The van der Waals surface area contributed by atoms with E-state index < -0.39 is 18.0 Å². The van der Waals surface area contributed by atoms with Crippen molar-refractivity contribution in [2.75, 3.05) is 26.6 Å². The van der Waals surface area contributed by atoms with Gasteiger partial charge in [-0.1, -0.05) is 29.5 Å². The third kappa shape index (κ3) is 6.74. The molecule has 0 radical (unpaired) electrons. The fourth-order valence-electron chi connectivity index (χ4n) is 4.35. The van der Waals surface area contributed by atoms with E-state index in [4.69, 9.17) is 18.9 Å². The number of thiazole rings is 1. The van der Waals surface area contributed by atoms with E-state index in [-0.39, 0.29) is 24.9 Å². The van der Waals surface area contributed by atoms with Crippen LogP contribution in [0.2, 0.25) is 0 Å². The second kappa shape index (κ2) is 13.2. The van der Waals surface area contributed by atoms with Crippen LogP contribution in [-0.4, -0.2) is 49.2 Å². The van der Waals surface area contributed by atoms with E-state index in [1.807, 2.05) is 30.5 Å². The predicted octanol–water partition coefficient (Wildman–Crippen LogP) is 3.86. The maximum absolute atomic E-state index is 13.9. The molecule has 0 saturated heterocycles. The van der Waals surface area contributed by atoms with Gasteiger partial charge in [0.15, 0.2) is 22.9 Å². The zero-order valence-electron chi connectivity index (χ0n) is 23.8. The Labute approximate surface area is 246 Å². The Hall–Kier alpha value is -3.83. The van der Waals surface area contributed by atoms with Crippen LogP contribution in [0.4, 0.5) is 0 Å². The van der Waals surface area contributed by atoms with Gasteiger partial charge in [-0.2, -0.15) is 0 Å². The van der Waals surface area contributed by atoms with Gasteiger partial charge in [-0.15, -0.1) is 11.8 Å². The van der Waals surface area contributed by atoms with Gasteiger partial charge >= 0.3 is 11.9 Å². The molecule has 0 fully saturated rings. The molecule has 0 N–H and O–H groups in total. The van der Waals surface area contributed by atoms with Gasteiger partial charge in [0.25, 0.3) is 5.56 Å². The Bertz CT molecular complexity index is 1650. The number of allylic oxidation sites excluding steroid dienone is 1. The number of fused-ring (bicyclic) bond motifs is 1. The zero-order chi connectivity index (χ0) is 29.7. The number of methoxy groups -OCH3 is 1. The molecule has 1 aromatic heterocycles. The molecule has 3 aromatic rings. The summed E-state index contributed by atoms with van der Waals surface area (Å²) in [5.74, 6) is -0.212. The van der Waals surface area contributed by atoms with Crippen LogP contribution in [0.15, 0.2) is 68.4 Å². The molecule has 2 heterocycles. The lowest BCUT2D eigenvalue weighted by atomic mass is 9.96. The number of thioether (sulfide) groups is 1. The molecule has 4 rings (SSSR count). The quantitative estimate of drug-likeness (QED) is 0.257. The molecule has 0 spiro atoms. The van der Waals surface area contributed by atoms with Gasteiger partial charge in [-0.25, -0.2) is 14.6 Å². The number of carbonyl (C=O) groups is 2. The fraction of sp³-hybridized carbons (Fsp3) is 0.333. The molecule has 1 aliphatic rings. The summed E-state index contributed by atoms with van der Waals surface area (Å²) in [4.78, 5) is 45.0. The lowest BCUT2D eigenvalue weighted by Gasteiger charge is -2.25. The second-order valence-electron chi connectivity index (χ2n) is 9.31. The van der Waals surface area contributed by atoms with Crippen LogP contribution < -0.4 is 24.4 Å². The molecule has 0 aliphatic carbocycles. The van der Waals surface area contributed by atoms with Crippen LogP contribution in [0.25, 0.3) is 6.08 Å². The number of aromatic nitrogens is 1. The number of hydrogen-bond acceptors (Lipinski definition) is 10. The molecule has 2 aromatic carbocycles. The highest BCUT2D eigenvalue weighted by atomic mass is 32.2. The van der Waals surface area contributed by atoms with Crippen LogP contribution >= 0.6 is 23.1 Å². The highest BCUT2D eigenvalue weighted by molar-refractivity contribution is 7.98. The average molecular weight is 597 g/mol. The first-order valence-electron chi connectivity index (χ1n) is 13.0. The van der Waals surface area contributed by atoms with Gasteiger partial charge in [0.2, 0.25) is 0 Å². The molecular formula is C30H32N2O7S2. The van der Waals surface area contributed by atoms with Crippen LogP contribution in [-0.2, 0) is 19.1 Å². The van der Waals surface area contributed by atoms with E-state index in [2.05, 4.69) is 4.99 Å². The van der Waals surface area contributed by atoms with Crippen molar-refractivity contribution in [2.45, 2.75) is 44.7 Å². The monoisotopic (exact) mass is 596 g/mol.